The van der Waals surface area contributed by atoms with Gasteiger partial charge in [-0.15, -0.1) is 0 Å². The van der Waals surface area contributed by atoms with E-state index in [1.54, 1.807) is 11.1 Å². The molecule has 1 aromatic carbocycles. The van der Waals surface area contributed by atoms with Crippen LogP contribution < -0.4 is 0 Å². The zero-order valence-electron chi connectivity index (χ0n) is 10.0. The molecule has 83 valence electrons. The third-order valence-electron chi connectivity index (χ3n) is 4.22. The van der Waals surface area contributed by atoms with Crippen LogP contribution in [0.2, 0.25) is 0 Å². The van der Waals surface area contributed by atoms with E-state index < -0.39 is 0 Å². The van der Waals surface area contributed by atoms with Gasteiger partial charge in [0.05, 0.1) is 0 Å². The Kier molecular flexibility index (Phi) is 1.80. The van der Waals surface area contributed by atoms with E-state index in [9.17, 15) is 0 Å². The third kappa shape index (κ3) is 1.18. The molecule has 1 aromatic rings. The highest BCUT2D eigenvalue weighted by molar-refractivity contribution is 5.92. The predicted molar refractivity (Wildman–Crippen MR) is 72.3 cm³/mol. The maximum atomic E-state index is 2.39. The molecule has 0 spiro atoms. The van der Waals surface area contributed by atoms with Gasteiger partial charge in [0.1, 0.15) is 0 Å². The summed E-state index contributed by atoms with van der Waals surface area (Å²) in [6, 6.07) is 6.73. The highest BCUT2D eigenvalue weighted by Crippen LogP contribution is 2.52. The molecule has 0 aromatic heterocycles. The van der Waals surface area contributed by atoms with Crippen LogP contribution in [0, 0.1) is 12.3 Å². The Bertz CT molecular complexity index is 596. The van der Waals surface area contributed by atoms with Crippen LogP contribution in [0.5, 0.6) is 0 Å². The van der Waals surface area contributed by atoms with Crippen LogP contribution in [0.1, 0.15) is 36.5 Å². The number of rotatable bonds is 1. The zero-order chi connectivity index (χ0) is 11.4. The van der Waals surface area contributed by atoms with Gasteiger partial charge in [0.15, 0.2) is 0 Å². The van der Waals surface area contributed by atoms with E-state index in [2.05, 4.69) is 49.8 Å². The molecule has 17 heavy (non-hydrogen) atoms. The molecule has 0 amide bonds. The number of fused-ring (bicyclic) bond motifs is 2. The van der Waals surface area contributed by atoms with E-state index in [1.807, 2.05) is 0 Å². The molecule has 4 rings (SSSR count). The minimum absolute atomic E-state index is 0.765. The summed E-state index contributed by atoms with van der Waals surface area (Å²) < 4.78 is 0. The summed E-state index contributed by atoms with van der Waals surface area (Å²) in [5.74, 6) is 0.765. The molecular formula is C17H15. The lowest BCUT2D eigenvalue weighted by molar-refractivity contribution is 0.663. The molecule has 0 N–H and O–H groups in total. The largest absolute Gasteiger partial charge is 0.0801 e. The Balaban J connectivity index is 1.89. The van der Waals surface area contributed by atoms with Crippen molar-refractivity contribution in [3.05, 3.63) is 65.1 Å². The fourth-order valence-electron chi connectivity index (χ4n) is 3.29. The van der Waals surface area contributed by atoms with Gasteiger partial charge in [0.25, 0.3) is 0 Å². The van der Waals surface area contributed by atoms with Crippen LogP contribution in [0.3, 0.4) is 0 Å². The summed E-state index contributed by atoms with van der Waals surface area (Å²) in [5.41, 5.74) is 9.08. The summed E-state index contributed by atoms with van der Waals surface area (Å²) in [6.45, 7) is 2.33. The molecule has 0 saturated heterocycles. The van der Waals surface area contributed by atoms with E-state index in [0.717, 1.165) is 12.3 Å². The minimum Gasteiger partial charge on any atom is -0.0801 e. The second kappa shape index (κ2) is 3.22. The normalized spacial score (nSPS) is 24.5. The Hall–Kier alpha value is -1.56. The van der Waals surface area contributed by atoms with Crippen molar-refractivity contribution in [2.45, 2.75) is 19.8 Å². The van der Waals surface area contributed by atoms with Crippen molar-refractivity contribution in [3.8, 4) is 0 Å². The van der Waals surface area contributed by atoms with Gasteiger partial charge in [-0.25, -0.2) is 0 Å². The van der Waals surface area contributed by atoms with Crippen molar-refractivity contribution >= 4 is 11.1 Å². The molecule has 3 aliphatic rings. The van der Waals surface area contributed by atoms with E-state index >= 15 is 0 Å². The average molecular weight is 219 g/mol. The van der Waals surface area contributed by atoms with Crippen molar-refractivity contribution in [3.63, 3.8) is 0 Å². The van der Waals surface area contributed by atoms with Gasteiger partial charge in [0, 0.05) is 6.42 Å². The lowest BCUT2D eigenvalue weighted by atomic mass is 9.78. The zero-order valence-corrected chi connectivity index (χ0v) is 10.0. The molecule has 0 aliphatic heterocycles. The fourth-order valence-corrected chi connectivity index (χ4v) is 3.29. The maximum absolute atomic E-state index is 2.39. The lowest BCUT2D eigenvalue weighted by Gasteiger charge is -2.26. The van der Waals surface area contributed by atoms with Gasteiger partial charge < -0.3 is 0 Å². The second-order valence-electron chi connectivity index (χ2n) is 5.28. The third-order valence-corrected chi connectivity index (χ3v) is 4.22. The Morgan fingerprint density at radius 1 is 1.24 bits per heavy atom. The van der Waals surface area contributed by atoms with Crippen LogP contribution in [0.25, 0.3) is 11.1 Å². The summed E-state index contributed by atoms with van der Waals surface area (Å²) in [4.78, 5) is 0. The molecule has 0 nitrogen and oxygen atoms in total. The monoisotopic (exact) mass is 219 g/mol. The lowest BCUT2D eigenvalue weighted by Crippen LogP contribution is -2.10. The van der Waals surface area contributed by atoms with Gasteiger partial charge in [-0.3, -0.25) is 0 Å². The number of hydrogen-bond acceptors (Lipinski definition) is 0. The standard InChI is InChI=1S/C17H15/c1-11-9-16-15(11)10-13-7-4-8-14(17(13)16)12-5-2-3-6-12/h2-5,7-8,10-11H,6,9H2,1H3. The van der Waals surface area contributed by atoms with Gasteiger partial charge >= 0.3 is 0 Å². The summed E-state index contributed by atoms with van der Waals surface area (Å²) in [6.07, 6.45) is 11.4. The quantitative estimate of drug-likeness (QED) is 0.657. The highest BCUT2D eigenvalue weighted by atomic mass is 14.4. The smallest absolute Gasteiger partial charge is 0.0170 e. The summed E-state index contributed by atoms with van der Waals surface area (Å²) in [7, 11) is 0. The summed E-state index contributed by atoms with van der Waals surface area (Å²) in [5, 5.41) is 0. The Morgan fingerprint density at radius 2 is 2.18 bits per heavy atom. The first-order valence-corrected chi connectivity index (χ1v) is 6.42. The van der Waals surface area contributed by atoms with Crippen molar-refractivity contribution in [2.24, 2.45) is 5.92 Å². The number of benzene rings is 1. The molecule has 1 atom stereocenters. The maximum Gasteiger partial charge on any atom is 0.0170 e. The SMILES string of the molecule is CC1CC2=C1[CH]c1cccc(C3=CC=CC3)c12. The average Bonchev–Trinajstić information content (AvgIpc) is 2.94. The van der Waals surface area contributed by atoms with Gasteiger partial charge in [0.2, 0.25) is 0 Å². The van der Waals surface area contributed by atoms with E-state index in [0.29, 0.717) is 0 Å². The predicted octanol–water partition coefficient (Wildman–Crippen LogP) is 4.39. The molecule has 1 radical (unpaired) electrons. The molecular weight excluding hydrogens is 204 g/mol. The first kappa shape index (κ1) is 9.47. The topological polar surface area (TPSA) is 0 Å². The number of hydrogen-bond donors (Lipinski definition) is 0. The molecule has 0 saturated carbocycles. The Labute approximate surface area is 102 Å². The van der Waals surface area contributed by atoms with Crippen molar-refractivity contribution in [2.75, 3.05) is 0 Å². The molecule has 0 fully saturated rings. The van der Waals surface area contributed by atoms with Gasteiger partial charge in [-0.1, -0.05) is 48.9 Å². The minimum atomic E-state index is 0.765. The Morgan fingerprint density at radius 3 is 2.94 bits per heavy atom. The van der Waals surface area contributed by atoms with Crippen LogP contribution in [0.15, 0.2) is 42.0 Å². The fraction of sp³-hybridized carbons (Fsp3) is 0.235. The molecule has 3 aliphatic carbocycles. The molecule has 0 heteroatoms. The van der Waals surface area contributed by atoms with Crippen LogP contribution in [0.4, 0.5) is 0 Å². The van der Waals surface area contributed by atoms with E-state index in [4.69, 9.17) is 0 Å². The van der Waals surface area contributed by atoms with Gasteiger partial charge in [-0.2, -0.15) is 0 Å². The molecule has 1 unspecified atom stereocenters. The van der Waals surface area contributed by atoms with Crippen LogP contribution >= 0.6 is 0 Å². The first-order valence-electron chi connectivity index (χ1n) is 6.42. The first-order chi connectivity index (χ1) is 8.34. The second-order valence-corrected chi connectivity index (χ2v) is 5.28. The van der Waals surface area contributed by atoms with Crippen LogP contribution in [-0.2, 0) is 0 Å². The van der Waals surface area contributed by atoms with Crippen molar-refractivity contribution in [1.29, 1.82) is 0 Å². The van der Waals surface area contributed by atoms with E-state index in [-0.39, 0.29) is 0 Å². The molecule has 0 heterocycles. The van der Waals surface area contributed by atoms with Crippen molar-refractivity contribution < 1.29 is 0 Å². The highest BCUT2D eigenvalue weighted by Gasteiger charge is 2.35. The van der Waals surface area contributed by atoms with Crippen LogP contribution in [-0.4, -0.2) is 0 Å². The number of allylic oxidation sites excluding steroid dienone is 6. The summed E-state index contributed by atoms with van der Waals surface area (Å²) >= 11 is 0. The van der Waals surface area contributed by atoms with Gasteiger partial charge in [-0.05, 0) is 46.6 Å². The van der Waals surface area contributed by atoms with Crippen molar-refractivity contribution in [1.82, 2.24) is 0 Å². The van der Waals surface area contributed by atoms with E-state index in [1.165, 1.54) is 28.7 Å². The molecule has 0 bridgehead atoms.